The molecule has 1 aliphatic carbocycles. The zero-order valence-electron chi connectivity index (χ0n) is 12.8. The maximum atomic E-state index is 12.3. The summed E-state index contributed by atoms with van der Waals surface area (Å²) in [6.07, 6.45) is 2.70. The number of benzene rings is 1. The number of hydrogen-bond acceptors (Lipinski definition) is 4. The molecule has 0 aliphatic heterocycles. The number of ether oxygens (including phenoxy) is 1. The van der Waals surface area contributed by atoms with Crippen LogP contribution in [0.2, 0.25) is 0 Å². The van der Waals surface area contributed by atoms with Gasteiger partial charge in [0.15, 0.2) is 0 Å². The highest BCUT2D eigenvalue weighted by Gasteiger charge is 2.33. The molecule has 1 aromatic carbocycles. The van der Waals surface area contributed by atoms with E-state index in [2.05, 4.69) is 10.3 Å². The molecule has 4 nitrogen and oxygen atoms in total. The largest absolute Gasteiger partial charge is 0.497 e. The van der Waals surface area contributed by atoms with Gasteiger partial charge in [-0.1, -0.05) is 12.1 Å². The van der Waals surface area contributed by atoms with Crippen LogP contribution in [-0.2, 0) is 11.2 Å². The van der Waals surface area contributed by atoms with Gasteiger partial charge in [-0.15, -0.1) is 11.3 Å². The number of aryl methyl sites for hydroxylation is 1. The predicted octanol–water partition coefficient (Wildman–Crippen LogP) is 3.27. The van der Waals surface area contributed by atoms with Crippen LogP contribution in [0.25, 0.3) is 0 Å². The molecule has 116 valence electrons. The molecule has 0 spiro atoms. The van der Waals surface area contributed by atoms with E-state index in [4.69, 9.17) is 4.74 Å². The van der Waals surface area contributed by atoms with Gasteiger partial charge in [0.1, 0.15) is 5.75 Å². The summed E-state index contributed by atoms with van der Waals surface area (Å²) < 4.78 is 5.19. The van der Waals surface area contributed by atoms with E-state index in [1.165, 1.54) is 12.8 Å². The molecule has 1 unspecified atom stereocenters. The first-order chi connectivity index (χ1) is 10.7. The van der Waals surface area contributed by atoms with Gasteiger partial charge in [0.2, 0.25) is 5.91 Å². The molecule has 1 amide bonds. The molecular weight excluding hydrogens is 296 g/mol. The van der Waals surface area contributed by atoms with Crippen molar-refractivity contribution in [2.24, 2.45) is 5.92 Å². The highest BCUT2D eigenvalue weighted by Crippen LogP contribution is 2.41. The molecule has 1 atom stereocenters. The van der Waals surface area contributed by atoms with E-state index >= 15 is 0 Å². The Labute approximate surface area is 134 Å². The van der Waals surface area contributed by atoms with E-state index < -0.39 is 0 Å². The monoisotopic (exact) mass is 316 g/mol. The first-order valence-corrected chi connectivity index (χ1v) is 8.38. The predicted molar refractivity (Wildman–Crippen MR) is 87.2 cm³/mol. The van der Waals surface area contributed by atoms with E-state index in [-0.39, 0.29) is 11.9 Å². The van der Waals surface area contributed by atoms with Gasteiger partial charge in [-0.25, -0.2) is 4.98 Å². The lowest BCUT2D eigenvalue weighted by Crippen LogP contribution is -2.31. The van der Waals surface area contributed by atoms with Crippen LogP contribution in [0.1, 0.15) is 35.1 Å². The summed E-state index contributed by atoms with van der Waals surface area (Å²) in [4.78, 5) is 16.6. The number of carbonyl (C=O) groups is 1. The lowest BCUT2D eigenvalue weighted by Gasteiger charge is -2.19. The van der Waals surface area contributed by atoms with Crippen molar-refractivity contribution in [3.8, 4) is 5.75 Å². The number of thiazole rings is 1. The summed E-state index contributed by atoms with van der Waals surface area (Å²) in [5.74, 6) is 1.43. The van der Waals surface area contributed by atoms with Crippen LogP contribution in [0.3, 0.4) is 0 Å². The van der Waals surface area contributed by atoms with Gasteiger partial charge in [-0.2, -0.15) is 0 Å². The maximum Gasteiger partial charge on any atom is 0.226 e. The number of methoxy groups -OCH3 is 1. The number of carbonyl (C=O) groups excluding carboxylic acids is 1. The molecule has 1 saturated carbocycles. The van der Waals surface area contributed by atoms with Gasteiger partial charge < -0.3 is 10.1 Å². The lowest BCUT2D eigenvalue weighted by molar-refractivity contribution is -0.121. The Morgan fingerprint density at radius 1 is 1.41 bits per heavy atom. The first-order valence-electron chi connectivity index (χ1n) is 7.50. The number of rotatable bonds is 6. The van der Waals surface area contributed by atoms with Crippen molar-refractivity contribution < 1.29 is 9.53 Å². The standard InChI is InChI=1S/C17H20N2O2S/c1-11-18-14(10-22-11)9-16(20)19-17(12-3-4-12)13-5-7-15(21-2)8-6-13/h5-8,10,12,17H,3-4,9H2,1-2H3,(H,19,20). The summed E-state index contributed by atoms with van der Waals surface area (Å²) in [5.41, 5.74) is 2.00. The fraction of sp³-hybridized carbons (Fsp3) is 0.412. The second-order valence-electron chi connectivity index (χ2n) is 5.69. The highest BCUT2D eigenvalue weighted by molar-refractivity contribution is 7.09. The van der Waals surface area contributed by atoms with E-state index in [9.17, 15) is 4.79 Å². The van der Waals surface area contributed by atoms with Crippen LogP contribution in [0.4, 0.5) is 0 Å². The second kappa shape index (κ2) is 6.48. The van der Waals surface area contributed by atoms with Gasteiger partial charge in [-0.3, -0.25) is 4.79 Å². The lowest BCUT2D eigenvalue weighted by atomic mass is 10.0. The van der Waals surface area contributed by atoms with Crippen LogP contribution in [0.15, 0.2) is 29.6 Å². The molecule has 1 aliphatic rings. The Hall–Kier alpha value is -1.88. The molecule has 0 saturated heterocycles. The molecule has 1 fully saturated rings. The average Bonchev–Trinajstić information content (AvgIpc) is 3.28. The van der Waals surface area contributed by atoms with Crippen LogP contribution < -0.4 is 10.1 Å². The third-order valence-corrected chi connectivity index (χ3v) is 4.72. The molecule has 5 heteroatoms. The zero-order chi connectivity index (χ0) is 15.5. The Kier molecular flexibility index (Phi) is 4.43. The Balaban J connectivity index is 1.67. The quantitative estimate of drug-likeness (QED) is 0.890. The number of hydrogen-bond donors (Lipinski definition) is 1. The molecule has 1 heterocycles. The van der Waals surface area contributed by atoms with Crippen molar-refractivity contribution in [3.63, 3.8) is 0 Å². The third kappa shape index (κ3) is 3.65. The van der Waals surface area contributed by atoms with E-state index in [1.807, 2.05) is 36.6 Å². The summed E-state index contributed by atoms with van der Waals surface area (Å²) in [5, 5.41) is 6.13. The van der Waals surface area contributed by atoms with Gasteiger partial charge in [-0.05, 0) is 43.4 Å². The van der Waals surface area contributed by atoms with Crippen molar-refractivity contribution in [1.29, 1.82) is 0 Å². The third-order valence-electron chi connectivity index (χ3n) is 3.89. The molecule has 0 bridgehead atoms. The van der Waals surface area contributed by atoms with Crippen molar-refractivity contribution in [2.75, 3.05) is 7.11 Å². The van der Waals surface area contributed by atoms with Gasteiger partial charge in [0.25, 0.3) is 0 Å². The molecule has 22 heavy (non-hydrogen) atoms. The Morgan fingerprint density at radius 2 is 2.14 bits per heavy atom. The van der Waals surface area contributed by atoms with Gasteiger partial charge >= 0.3 is 0 Å². The van der Waals surface area contributed by atoms with Crippen molar-refractivity contribution in [3.05, 3.63) is 45.9 Å². The van der Waals surface area contributed by atoms with E-state index in [1.54, 1.807) is 18.4 Å². The maximum absolute atomic E-state index is 12.3. The van der Waals surface area contributed by atoms with Crippen molar-refractivity contribution in [1.82, 2.24) is 10.3 Å². The van der Waals surface area contributed by atoms with Crippen LogP contribution in [0, 0.1) is 12.8 Å². The molecule has 0 radical (unpaired) electrons. The van der Waals surface area contributed by atoms with Crippen LogP contribution in [0.5, 0.6) is 5.75 Å². The first kappa shape index (κ1) is 15.0. The second-order valence-corrected chi connectivity index (χ2v) is 6.75. The fourth-order valence-electron chi connectivity index (χ4n) is 2.59. The van der Waals surface area contributed by atoms with E-state index in [0.717, 1.165) is 22.0 Å². The number of aromatic nitrogens is 1. The number of nitrogens with zero attached hydrogens (tertiary/aromatic N) is 1. The summed E-state index contributed by atoms with van der Waals surface area (Å²) in [6, 6.07) is 8.06. The molecule has 2 aromatic rings. The normalized spacial score (nSPS) is 15.4. The Bertz CT molecular complexity index is 647. The van der Waals surface area contributed by atoms with Crippen molar-refractivity contribution in [2.45, 2.75) is 32.2 Å². The number of nitrogens with one attached hydrogen (secondary N) is 1. The smallest absolute Gasteiger partial charge is 0.226 e. The minimum Gasteiger partial charge on any atom is -0.497 e. The van der Waals surface area contributed by atoms with Crippen LogP contribution >= 0.6 is 11.3 Å². The summed E-state index contributed by atoms with van der Waals surface area (Å²) in [6.45, 7) is 1.95. The van der Waals surface area contributed by atoms with E-state index in [0.29, 0.717) is 12.3 Å². The molecule has 3 rings (SSSR count). The minimum atomic E-state index is 0.0398. The molecular formula is C17H20N2O2S. The zero-order valence-corrected chi connectivity index (χ0v) is 13.7. The van der Waals surface area contributed by atoms with Crippen molar-refractivity contribution >= 4 is 17.2 Å². The van der Waals surface area contributed by atoms with Gasteiger partial charge in [0.05, 0.1) is 30.3 Å². The number of amides is 1. The topological polar surface area (TPSA) is 51.2 Å². The fourth-order valence-corrected chi connectivity index (χ4v) is 3.21. The highest BCUT2D eigenvalue weighted by atomic mass is 32.1. The van der Waals surface area contributed by atoms with Gasteiger partial charge in [0, 0.05) is 5.38 Å². The molecule has 1 aromatic heterocycles. The SMILES string of the molecule is COc1ccc(C(NC(=O)Cc2csc(C)n2)C2CC2)cc1. The molecule has 1 N–H and O–H groups in total. The minimum absolute atomic E-state index is 0.0398. The van der Waals surface area contributed by atoms with Crippen LogP contribution in [-0.4, -0.2) is 18.0 Å². The summed E-state index contributed by atoms with van der Waals surface area (Å²) in [7, 11) is 1.66. The Morgan fingerprint density at radius 3 is 2.68 bits per heavy atom. The average molecular weight is 316 g/mol. The summed E-state index contributed by atoms with van der Waals surface area (Å²) >= 11 is 1.58.